The second-order valence-electron chi connectivity index (χ2n) is 11.3. The highest BCUT2D eigenvalue weighted by atomic mass is 31.1. The minimum Gasteiger partial charge on any atom is -0.457 e. The Hall–Kier alpha value is -6.91. The molecule has 6 rings (SSSR count). The van der Waals surface area contributed by atoms with Crippen LogP contribution in [0.1, 0.15) is 5.56 Å². The van der Waals surface area contributed by atoms with Crippen molar-refractivity contribution in [2.75, 3.05) is 0 Å². The third kappa shape index (κ3) is 8.22. The summed E-state index contributed by atoms with van der Waals surface area (Å²) in [6.45, 7) is 1.91. The zero-order valence-corrected chi connectivity index (χ0v) is 27.7. The third-order valence-electron chi connectivity index (χ3n) is 7.69. The Morgan fingerprint density at radius 3 is 1.12 bits per heavy atom. The molecule has 0 spiro atoms. The van der Waals surface area contributed by atoms with Crippen LogP contribution in [0.15, 0.2) is 127 Å². The van der Waals surface area contributed by atoms with Gasteiger partial charge < -0.3 is 14.0 Å². The van der Waals surface area contributed by atoms with Crippen molar-refractivity contribution >= 4 is 31.8 Å². The molecule has 0 aliphatic carbocycles. The molecule has 12 nitrogen and oxygen atoms in total. The van der Waals surface area contributed by atoms with Gasteiger partial charge in [0.2, 0.25) is 0 Å². The lowest BCUT2D eigenvalue weighted by molar-refractivity contribution is -0.385. The van der Waals surface area contributed by atoms with Crippen LogP contribution in [0.4, 0.5) is 17.1 Å². The van der Waals surface area contributed by atoms with Gasteiger partial charge in [0.25, 0.3) is 17.1 Å². The van der Waals surface area contributed by atoms with Gasteiger partial charge in [0, 0.05) is 48.5 Å². The summed E-state index contributed by atoms with van der Waals surface area (Å²) in [7, 11) is 0.397. The number of rotatable bonds is 12. The molecule has 0 N–H and O–H groups in total. The molecule has 0 bridgehead atoms. The molecular formula is C38H26N3O9P. The molecule has 252 valence electrons. The van der Waals surface area contributed by atoms with Crippen molar-refractivity contribution in [3.63, 3.8) is 0 Å². The number of nitro groups is 3. The van der Waals surface area contributed by atoms with Gasteiger partial charge in [-0.3, -0.25) is 30.3 Å². The second-order valence-corrected chi connectivity index (χ2v) is 11.7. The molecule has 0 radical (unpaired) electrons. The van der Waals surface area contributed by atoms with Gasteiger partial charge in [-0.05, 0) is 125 Å². The molecule has 51 heavy (non-hydrogen) atoms. The van der Waals surface area contributed by atoms with Gasteiger partial charge in [-0.2, -0.15) is 0 Å². The van der Waals surface area contributed by atoms with Crippen LogP contribution in [0.25, 0.3) is 33.4 Å². The van der Waals surface area contributed by atoms with E-state index in [1.54, 1.807) is 72.8 Å². The molecule has 0 amide bonds. The molecule has 0 unspecified atom stereocenters. The highest BCUT2D eigenvalue weighted by Crippen LogP contribution is 2.39. The molecule has 0 saturated carbocycles. The van der Waals surface area contributed by atoms with Crippen LogP contribution in [0.3, 0.4) is 0 Å². The first kappa shape index (κ1) is 34.0. The summed E-state index contributed by atoms with van der Waals surface area (Å²) in [5.74, 6) is 2.13. The van der Waals surface area contributed by atoms with Crippen molar-refractivity contribution in [3.05, 3.63) is 163 Å². The normalized spacial score (nSPS) is 10.8. The van der Waals surface area contributed by atoms with Crippen molar-refractivity contribution < 1.29 is 28.8 Å². The summed E-state index contributed by atoms with van der Waals surface area (Å²) >= 11 is 0. The average molecular weight is 700 g/mol. The predicted molar refractivity (Wildman–Crippen MR) is 195 cm³/mol. The largest absolute Gasteiger partial charge is 0.457 e. The van der Waals surface area contributed by atoms with Gasteiger partial charge in [-0.25, -0.2) is 0 Å². The Kier molecular flexibility index (Phi) is 9.78. The lowest BCUT2D eigenvalue weighted by Crippen LogP contribution is -1.93. The van der Waals surface area contributed by atoms with Gasteiger partial charge >= 0.3 is 0 Å². The van der Waals surface area contributed by atoms with Crippen LogP contribution in [0.5, 0.6) is 28.7 Å². The first-order valence-electron chi connectivity index (χ1n) is 15.2. The lowest BCUT2D eigenvalue weighted by atomic mass is 10.0. The standard InChI is InChI=1S/C38H26N3O9P/c1-24-15-28(25-3-9-31(10-4-25)39(42)43)17-34(16-24)48-35-18-29(26-5-11-32(12-6-26)40(44)45)19-36(22-35)49-37-20-30(21-38(23-37)50-51-2)27-7-13-33(14-8-27)41(46)47/h3-23H,2H2,1H3. The second kappa shape index (κ2) is 14.7. The zero-order valence-electron chi connectivity index (χ0n) is 26.8. The van der Waals surface area contributed by atoms with E-state index in [-0.39, 0.29) is 17.1 Å². The maximum absolute atomic E-state index is 11.3. The Balaban J connectivity index is 1.39. The Labute approximate surface area is 292 Å². The van der Waals surface area contributed by atoms with E-state index in [1.807, 2.05) is 25.1 Å². The minimum absolute atomic E-state index is 0.0126. The number of benzene rings is 6. The van der Waals surface area contributed by atoms with Crippen LogP contribution < -0.4 is 14.0 Å². The van der Waals surface area contributed by atoms with Crippen molar-refractivity contribution in [3.8, 4) is 62.1 Å². The summed E-state index contributed by atoms with van der Waals surface area (Å²) in [6, 6.07) is 34.5. The van der Waals surface area contributed by atoms with Crippen LogP contribution in [0.2, 0.25) is 0 Å². The average Bonchev–Trinajstić information content (AvgIpc) is 3.11. The summed E-state index contributed by atoms with van der Waals surface area (Å²) in [4.78, 5) is 32.3. The highest BCUT2D eigenvalue weighted by Gasteiger charge is 2.14. The first-order chi connectivity index (χ1) is 24.5. The predicted octanol–water partition coefficient (Wildman–Crippen LogP) is 11.0. The number of hydrogen-bond donors (Lipinski definition) is 0. The van der Waals surface area contributed by atoms with Crippen LogP contribution in [-0.4, -0.2) is 21.1 Å². The van der Waals surface area contributed by atoms with Crippen molar-refractivity contribution in [2.24, 2.45) is 0 Å². The van der Waals surface area contributed by atoms with E-state index in [4.69, 9.17) is 14.0 Å². The molecule has 0 aliphatic heterocycles. The third-order valence-corrected chi connectivity index (χ3v) is 8.03. The van der Waals surface area contributed by atoms with E-state index in [1.165, 1.54) is 36.4 Å². The Bertz CT molecular complexity index is 2290. The summed E-state index contributed by atoms with van der Waals surface area (Å²) in [6.07, 6.45) is 3.73. The number of nitro benzene ring substituents is 3. The van der Waals surface area contributed by atoms with Crippen molar-refractivity contribution in [1.29, 1.82) is 0 Å². The van der Waals surface area contributed by atoms with Crippen molar-refractivity contribution in [1.82, 2.24) is 0 Å². The lowest BCUT2D eigenvalue weighted by Gasteiger charge is -2.15. The van der Waals surface area contributed by atoms with Crippen LogP contribution in [0, 0.1) is 37.3 Å². The van der Waals surface area contributed by atoms with Gasteiger partial charge in [0.15, 0.2) is 0 Å². The fraction of sp³-hybridized carbons (Fsp3) is 0.0263. The first-order valence-corrected chi connectivity index (χ1v) is 16.2. The highest BCUT2D eigenvalue weighted by molar-refractivity contribution is 7.31. The van der Waals surface area contributed by atoms with Gasteiger partial charge in [0.05, 0.1) is 14.8 Å². The number of aryl methyl sites for hydroxylation is 1. The quantitative estimate of drug-likeness (QED) is 0.0688. The molecule has 0 saturated heterocycles. The maximum Gasteiger partial charge on any atom is 0.269 e. The number of nitrogens with zero attached hydrogens (tertiary/aromatic N) is 3. The fourth-order valence-electron chi connectivity index (χ4n) is 5.35. The van der Waals surface area contributed by atoms with Crippen molar-refractivity contribution in [2.45, 2.75) is 6.92 Å². The number of non-ortho nitro benzene ring substituents is 3. The summed E-state index contributed by atoms with van der Waals surface area (Å²) in [5.41, 5.74) is 5.06. The molecule has 0 aromatic heterocycles. The molecule has 0 heterocycles. The molecule has 6 aromatic rings. The van der Waals surface area contributed by atoms with Gasteiger partial charge in [-0.15, -0.1) is 0 Å². The SMILES string of the molecule is C=POc1cc(Oc2cc(Oc3cc(C)cc(-c4ccc([N+](=O)[O-])cc4)c3)cc(-c3ccc([N+](=O)[O-])cc3)c2)cc(-c2ccc([N+](=O)[O-])cc2)c1. The minimum atomic E-state index is -0.471. The molecule has 0 atom stereocenters. The van der Waals surface area contributed by atoms with Gasteiger partial charge in [-0.1, -0.05) is 6.07 Å². The van der Waals surface area contributed by atoms with E-state index in [0.29, 0.717) is 59.4 Å². The Morgan fingerprint density at radius 2 is 0.765 bits per heavy atom. The molecule has 0 aliphatic rings. The molecule has 0 fully saturated rings. The number of ether oxygens (including phenoxy) is 2. The van der Waals surface area contributed by atoms with Crippen LogP contribution in [-0.2, 0) is 0 Å². The monoisotopic (exact) mass is 699 g/mol. The maximum atomic E-state index is 11.3. The topological polar surface area (TPSA) is 157 Å². The number of hydrogen-bond acceptors (Lipinski definition) is 9. The Morgan fingerprint density at radius 1 is 0.451 bits per heavy atom. The van der Waals surface area contributed by atoms with Gasteiger partial charge in [0.1, 0.15) is 37.2 Å². The van der Waals surface area contributed by atoms with E-state index in [0.717, 1.165) is 16.7 Å². The van der Waals surface area contributed by atoms with E-state index >= 15 is 0 Å². The smallest absolute Gasteiger partial charge is 0.269 e. The summed E-state index contributed by atoms with van der Waals surface area (Å²) in [5, 5.41) is 33.7. The van der Waals surface area contributed by atoms with Crippen LogP contribution >= 0.6 is 8.43 Å². The molecular weight excluding hydrogens is 673 g/mol. The summed E-state index contributed by atoms with van der Waals surface area (Å²) < 4.78 is 18.4. The fourth-order valence-corrected chi connectivity index (χ4v) is 5.61. The van der Waals surface area contributed by atoms with E-state index in [9.17, 15) is 30.3 Å². The molecule has 13 heteroatoms. The zero-order chi connectivity index (χ0) is 36.1. The molecule has 6 aromatic carbocycles. The van der Waals surface area contributed by atoms with E-state index < -0.39 is 14.8 Å². The van der Waals surface area contributed by atoms with E-state index in [2.05, 4.69) is 6.30 Å².